The highest BCUT2D eigenvalue weighted by Gasteiger charge is 2.16. The van der Waals surface area contributed by atoms with E-state index in [0.717, 1.165) is 5.56 Å². The average molecular weight is 334 g/mol. The summed E-state index contributed by atoms with van der Waals surface area (Å²) in [6.07, 6.45) is 0.625. The smallest absolute Gasteiger partial charge is 0.241 e. The van der Waals surface area contributed by atoms with Gasteiger partial charge in [0.15, 0.2) is 0 Å². The van der Waals surface area contributed by atoms with Crippen LogP contribution >= 0.6 is 0 Å². The number of phenolic OH excluding ortho intramolecular Hbond substituents is 1. The van der Waals surface area contributed by atoms with Crippen molar-refractivity contribution in [1.29, 1.82) is 0 Å². The van der Waals surface area contributed by atoms with E-state index in [0.29, 0.717) is 6.42 Å². The Balaban J connectivity index is 2.07. The van der Waals surface area contributed by atoms with Crippen LogP contribution in [0.3, 0.4) is 0 Å². The van der Waals surface area contributed by atoms with Crippen LogP contribution in [0, 0.1) is 0 Å². The second-order valence-electron chi connectivity index (χ2n) is 5.75. The standard InChI is InChI=1S/C17H22N2O3S/c1-12(19-13(2)15-6-4-3-5-7-15)10-14-8-9-16(20)17(11-14)23(18,21)22/h3-9,11-13,19-20H,10H2,1-2H3,(H2,18,21,22)/t12?,13-/m1/s1. The summed E-state index contributed by atoms with van der Waals surface area (Å²) in [4.78, 5) is -0.238. The lowest BCUT2D eigenvalue weighted by atomic mass is 10.0. The number of nitrogens with one attached hydrogen (secondary N) is 1. The van der Waals surface area contributed by atoms with Crippen LogP contribution in [-0.4, -0.2) is 19.6 Å². The molecule has 0 saturated carbocycles. The molecule has 0 aliphatic heterocycles. The topological polar surface area (TPSA) is 92.4 Å². The first-order chi connectivity index (χ1) is 10.8. The van der Waals surface area contributed by atoms with Gasteiger partial charge in [-0.2, -0.15) is 0 Å². The molecule has 0 heterocycles. The largest absolute Gasteiger partial charge is 0.507 e. The molecule has 2 aromatic rings. The fourth-order valence-corrected chi connectivity index (χ4v) is 3.27. The Kier molecular flexibility index (Phi) is 5.41. The quantitative estimate of drug-likeness (QED) is 0.756. The zero-order chi connectivity index (χ0) is 17.0. The molecule has 0 aliphatic carbocycles. The predicted molar refractivity (Wildman–Crippen MR) is 90.6 cm³/mol. The summed E-state index contributed by atoms with van der Waals surface area (Å²) < 4.78 is 22.9. The van der Waals surface area contributed by atoms with Crippen LogP contribution in [0.25, 0.3) is 0 Å². The minimum absolute atomic E-state index is 0.128. The summed E-state index contributed by atoms with van der Waals surface area (Å²) in [5.41, 5.74) is 1.99. The number of sulfonamides is 1. The average Bonchev–Trinajstić information content (AvgIpc) is 2.49. The second kappa shape index (κ2) is 7.12. The lowest BCUT2D eigenvalue weighted by molar-refractivity contribution is 0.456. The van der Waals surface area contributed by atoms with Gasteiger partial charge in [0, 0.05) is 12.1 Å². The van der Waals surface area contributed by atoms with E-state index in [4.69, 9.17) is 5.14 Å². The second-order valence-corrected chi connectivity index (χ2v) is 7.28. The van der Waals surface area contributed by atoms with E-state index in [1.807, 2.05) is 25.1 Å². The maximum Gasteiger partial charge on any atom is 0.241 e. The monoisotopic (exact) mass is 334 g/mol. The third kappa shape index (κ3) is 4.79. The number of nitrogens with two attached hydrogens (primary N) is 1. The summed E-state index contributed by atoms with van der Waals surface area (Å²) in [6, 6.07) is 14.9. The van der Waals surface area contributed by atoms with E-state index in [1.165, 1.54) is 17.7 Å². The number of rotatable bonds is 6. The number of benzene rings is 2. The van der Waals surface area contributed by atoms with Gasteiger partial charge in [0.2, 0.25) is 10.0 Å². The molecule has 0 aromatic heterocycles. The Morgan fingerprint density at radius 3 is 2.39 bits per heavy atom. The maximum absolute atomic E-state index is 11.5. The Morgan fingerprint density at radius 2 is 1.78 bits per heavy atom. The molecular weight excluding hydrogens is 312 g/mol. The van der Waals surface area contributed by atoms with Crippen LogP contribution in [0.15, 0.2) is 53.4 Å². The van der Waals surface area contributed by atoms with Gasteiger partial charge in [-0.15, -0.1) is 0 Å². The SMILES string of the molecule is CC(Cc1ccc(O)c(S(N)(=O)=O)c1)N[C@H](C)c1ccccc1. The van der Waals surface area contributed by atoms with Crippen LogP contribution in [0.4, 0.5) is 0 Å². The molecule has 2 rings (SSSR count). The van der Waals surface area contributed by atoms with Crippen LogP contribution in [0.5, 0.6) is 5.75 Å². The number of aromatic hydroxyl groups is 1. The highest BCUT2D eigenvalue weighted by Crippen LogP contribution is 2.23. The molecule has 124 valence electrons. The van der Waals surface area contributed by atoms with Gasteiger partial charge in [-0.25, -0.2) is 13.6 Å². The van der Waals surface area contributed by atoms with Gasteiger partial charge in [0.1, 0.15) is 10.6 Å². The van der Waals surface area contributed by atoms with E-state index in [9.17, 15) is 13.5 Å². The van der Waals surface area contributed by atoms with E-state index in [1.54, 1.807) is 6.07 Å². The van der Waals surface area contributed by atoms with E-state index in [2.05, 4.69) is 24.4 Å². The first-order valence-electron chi connectivity index (χ1n) is 7.43. The molecule has 0 saturated heterocycles. The molecule has 5 nitrogen and oxygen atoms in total. The van der Waals surface area contributed by atoms with Crippen LogP contribution in [-0.2, 0) is 16.4 Å². The Hall–Kier alpha value is -1.89. The van der Waals surface area contributed by atoms with Gasteiger partial charge < -0.3 is 10.4 Å². The Labute approximate surface area is 137 Å². The fraction of sp³-hybridized carbons (Fsp3) is 0.294. The van der Waals surface area contributed by atoms with Crippen molar-refractivity contribution in [2.24, 2.45) is 5.14 Å². The number of primary sulfonamides is 1. The van der Waals surface area contributed by atoms with Crippen molar-refractivity contribution >= 4 is 10.0 Å². The number of phenols is 1. The highest BCUT2D eigenvalue weighted by molar-refractivity contribution is 7.89. The maximum atomic E-state index is 11.5. The van der Waals surface area contributed by atoms with Crippen LogP contribution in [0.1, 0.15) is 31.0 Å². The molecule has 0 fully saturated rings. The van der Waals surface area contributed by atoms with Gasteiger partial charge in [0.05, 0.1) is 0 Å². The van der Waals surface area contributed by atoms with Crippen molar-refractivity contribution in [3.05, 3.63) is 59.7 Å². The number of hydrogen-bond donors (Lipinski definition) is 3. The normalized spacial score (nSPS) is 14.4. The molecule has 0 amide bonds. The van der Waals surface area contributed by atoms with Crippen LogP contribution < -0.4 is 10.5 Å². The molecule has 1 unspecified atom stereocenters. The minimum atomic E-state index is -3.93. The van der Waals surface area contributed by atoms with Crippen molar-refractivity contribution in [2.75, 3.05) is 0 Å². The molecule has 23 heavy (non-hydrogen) atoms. The third-order valence-corrected chi connectivity index (χ3v) is 4.65. The van der Waals surface area contributed by atoms with Crippen molar-refractivity contribution in [3.63, 3.8) is 0 Å². The van der Waals surface area contributed by atoms with Crippen molar-refractivity contribution < 1.29 is 13.5 Å². The van der Waals surface area contributed by atoms with Gasteiger partial charge in [-0.05, 0) is 43.5 Å². The van der Waals surface area contributed by atoms with E-state index >= 15 is 0 Å². The zero-order valence-corrected chi connectivity index (χ0v) is 14.0. The van der Waals surface area contributed by atoms with Crippen molar-refractivity contribution in [3.8, 4) is 5.75 Å². The highest BCUT2D eigenvalue weighted by atomic mass is 32.2. The van der Waals surface area contributed by atoms with Gasteiger partial charge >= 0.3 is 0 Å². The summed E-state index contributed by atoms with van der Waals surface area (Å²) in [5.74, 6) is -0.325. The summed E-state index contributed by atoms with van der Waals surface area (Å²) in [5, 5.41) is 18.2. The summed E-state index contributed by atoms with van der Waals surface area (Å²) in [7, 11) is -3.93. The van der Waals surface area contributed by atoms with E-state index in [-0.39, 0.29) is 22.7 Å². The van der Waals surface area contributed by atoms with Crippen molar-refractivity contribution in [2.45, 2.75) is 37.2 Å². The molecule has 2 atom stereocenters. The molecule has 0 radical (unpaired) electrons. The van der Waals surface area contributed by atoms with Gasteiger partial charge in [-0.1, -0.05) is 36.4 Å². The molecular formula is C17H22N2O3S. The van der Waals surface area contributed by atoms with Crippen molar-refractivity contribution in [1.82, 2.24) is 5.32 Å². The molecule has 0 bridgehead atoms. The molecule has 0 spiro atoms. The molecule has 6 heteroatoms. The van der Waals surface area contributed by atoms with Crippen LogP contribution in [0.2, 0.25) is 0 Å². The first-order valence-corrected chi connectivity index (χ1v) is 8.97. The van der Waals surface area contributed by atoms with Gasteiger partial charge in [-0.3, -0.25) is 0 Å². The Morgan fingerprint density at radius 1 is 1.13 bits per heavy atom. The molecule has 0 aliphatic rings. The summed E-state index contributed by atoms with van der Waals surface area (Å²) in [6.45, 7) is 4.11. The number of hydrogen-bond acceptors (Lipinski definition) is 4. The lowest BCUT2D eigenvalue weighted by Crippen LogP contribution is -2.30. The zero-order valence-electron chi connectivity index (χ0n) is 13.2. The summed E-state index contributed by atoms with van der Waals surface area (Å²) >= 11 is 0. The van der Waals surface area contributed by atoms with Gasteiger partial charge in [0.25, 0.3) is 0 Å². The first kappa shape index (κ1) is 17.5. The predicted octanol–water partition coefficient (Wildman–Crippen LogP) is 2.32. The van der Waals surface area contributed by atoms with E-state index < -0.39 is 10.0 Å². The Bertz CT molecular complexity index is 761. The third-order valence-electron chi connectivity index (χ3n) is 3.71. The molecule has 4 N–H and O–H groups in total. The lowest BCUT2D eigenvalue weighted by Gasteiger charge is -2.20. The minimum Gasteiger partial charge on any atom is -0.507 e. The molecule has 2 aromatic carbocycles. The fourth-order valence-electron chi connectivity index (χ4n) is 2.59.